The maximum atomic E-state index is 13.5. The first kappa shape index (κ1) is 26.8. The van der Waals surface area contributed by atoms with Crippen molar-refractivity contribution in [2.75, 3.05) is 6.61 Å². The minimum absolute atomic E-state index is 0.0568. The van der Waals surface area contributed by atoms with Crippen molar-refractivity contribution in [1.82, 2.24) is 10.2 Å². The predicted molar refractivity (Wildman–Crippen MR) is 144 cm³/mol. The normalized spacial score (nSPS) is 11.7. The van der Waals surface area contributed by atoms with Crippen molar-refractivity contribution < 1.29 is 14.3 Å². The lowest BCUT2D eigenvalue weighted by molar-refractivity contribution is -0.143. The topological polar surface area (TPSA) is 58.6 Å². The van der Waals surface area contributed by atoms with E-state index in [1.165, 1.54) is 0 Å². The number of aryl methyl sites for hydroxylation is 1. The molecule has 1 unspecified atom stereocenters. The molecule has 35 heavy (non-hydrogen) atoms. The number of hydrogen-bond donors (Lipinski definition) is 1. The van der Waals surface area contributed by atoms with Gasteiger partial charge in [-0.15, -0.1) is 0 Å². The van der Waals surface area contributed by atoms with Crippen LogP contribution in [0.1, 0.15) is 30.5 Å². The van der Waals surface area contributed by atoms with Gasteiger partial charge in [-0.05, 0) is 67.8 Å². The van der Waals surface area contributed by atoms with Crippen molar-refractivity contribution in [2.45, 2.75) is 45.8 Å². The van der Waals surface area contributed by atoms with E-state index in [4.69, 9.17) is 16.3 Å². The van der Waals surface area contributed by atoms with Crippen LogP contribution in [0.2, 0.25) is 5.02 Å². The van der Waals surface area contributed by atoms with Crippen LogP contribution in [0.5, 0.6) is 5.75 Å². The number of benzene rings is 3. The van der Waals surface area contributed by atoms with Gasteiger partial charge < -0.3 is 15.0 Å². The fourth-order valence-corrected chi connectivity index (χ4v) is 4.04. The SMILES string of the molecule is Cc1cc(OCC(=O)N(Cc2ccc(Br)cc2)C(Cc2ccccc2)C(=O)NC(C)C)ccc1Cl. The highest BCUT2D eigenvalue weighted by Gasteiger charge is 2.31. The Balaban J connectivity index is 1.90. The molecule has 5 nitrogen and oxygen atoms in total. The molecule has 0 aliphatic heterocycles. The number of nitrogens with one attached hydrogen (secondary N) is 1. The molecule has 0 radical (unpaired) electrons. The lowest BCUT2D eigenvalue weighted by Gasteiger charge is -2.32. The molecule has 1 N–H and O–H groups in total. The summed E-state index contributed by atoms with van der Waals surface area (Å²) in [7, 11) is 0. The fourth-order valence-electron chi connectivity index (χ4n) is 3.66. The van der Waals surface area contributed by atoms with Gasteiger partial charge in [-0.1, -0.05) is 70.0 Å². The van der Waals surface area contributed by atoms with Gasteiger partial charge in [0.15, 0.2) is 6.61 Å². The van der Waals surface area contributed by atoms with Crippen molar-refractivity contribution in [3.63, 3.8) is 0 Å². The first-order valence-electron chi connectivity index (χ1n) is 11.5. The van der Waals surface area contributed by atoms with Crippen LogP contribution in [-0.4, -0.2) is 35.4 Å². The number of nitrogens with zero attached hydrogens (tertiary/aromatic N) is 1. The summed E-state index contributed by atoms with van der Waals surface area (Å²) in [4.78, 5) is 28.5. The average Bonchev–Trinajstić information content (AvgIpc) is 2.83. The van der Waals surface area contributed by atoms with Gasteiger partial charge in [0, 0.05) is 28.5 Å². The first-order valence-corrected chi connectivity index (χ1v) is 12.7. The predicted octanol–water partition coefficient (Wildman–Crippen LogP) is 5.95. The largest absolute Gasteiger partial charge is 0.484 e. The summed E-state index contributed by atoms with van der Waals surface area (Å²) in [6.45, 7) is 5.77. The number of rotatable bonds is 10. The van der Waals surface area contributed by atoms with Crippen molar-refractivity contribution in [3.05, 3.63) is 99.0 Å². The monoisotopic (exact) mass is 556 g/mol. The van der Waals surface area contributed by atoms with Gasteiger partial charge in [-0.3, -0.25) is 9.59 Å². The molecule has 0 bridgehead atoms. The summed E-state index contributed by atoms with van der Waals surface area (Å²) in [5.74, 6) is 0.0760. The van der Waals surface area contributed by atoms with Gasteiger partial charge in [0.25, 0.3) is 5.91 Å². The second kappa shape index (κ2) is 12.8. The van der Waals surface area contributed by atoms with E-state index in [2.05, 4.69) is 21.2 Å². The fraction of sp³-hybridized carbons (Fsp3) is 0.286. The van der Waals surface area contributed by atoms with Crippen LogP contribution in [0.4, 0.5) is 0 Å². The summed E-state index contributed by atoms with van der Waals surface area (Å²) in [5, 5.41) is 3.62. The van der Waals surface area contributed by atoms with Crippen LogP contribution in [0.25, 0.3) is 0 Å². The van der Waals surface area contributed by atoms with E-state index in [1.54, 1.807) is 23.1 Å². The lowest BCUT2D eigenvalue weighted by Crippen LogP contribution is -2.52. The quantitative estimate of drug-likeness (QED) is 0.335. The molecular weight excluding hydrogens is 528 g/mol. The highest BCUT2D eigenvalue weighted by molar-refractivity contribution is 9.10. The van der Waals surface area contributed by atoms with Gasteiger partial charge >= 0.3 is 0 Å². The standard InChI is InChI=1S/C28H30BrClN2O3/c1-19(2)31-28(34)26(16-21-7-5-4-6-8-21)32(17-22-9-11-23(29)12-10-22)27(33)18-35-24-13-14-25(30)20(3)15-24/h4-15,19,26H,16-18H2,1-3H3,(H,31,34). The van der Waals surface area contributed by atoms with E-state index in [-0.39, 0.29) is 31.0 Å². The Hall–Kier alpha value is -2.83. The van der Waals surface area contributed by atoms with Gasteiger partial charge in [-0.25, -0.2) is 0 Å². The molecular formula is C28H30BrClN2O3. The molecule has 0 aliphatic rings. The van der Waals surface area contributed by atoms with E-state index in [0.29, 0.717) is 17.2 Å². The Labute approximate surface area is 220 Å². The molecule has 0 saturated carbocycles. The average molecular weight is 558 g/mol. The smallest absolute Gasteiger partial charge is 0.261 e. The molecule has 0 aliphatic carbocycles. The Bertz CT molecular complexity index is 1140. The highest BCUT2D eigenvalue weighted by atomic mass is 79.9. The summed E-state index contributed by atoms with van der Waals surface area (Å²) in [6.07, 6.45) is 0.391. The Morgan fingerprint density at radius 3 is 2.31 bits per heavy atom. The molecule has 0 saturated heterocycles. The maximum Gasteiger partial charge on any atom is 0.261 e. The molecule has 1 atom stereocenters. The van der Waals surface area contributed by atoms with Crippen LogP contribution >= 0.6 is 27.5 Å². The van der Waals surface area contributed by atoms with Gasteiger partial charge in [0.2, 0.25) is 5.91 Å². The maximum absolute atomic E-state index is 13.5. The van der Waals surface area contributed by atoms with Crippen LogP contribution in [0.15, 0.2) is 77.3 Å². The minimum Gasteiger partial charge on any atom is -0.484 e. The molecule has 0 aromatic heterocycles. The van der Waals surface area contributed by atoms with E-state index in [9.17, 15) is 9.59 Å². The van der Waals surface area contributed by atoms with Crippen LogP contribution in [0.3, 0.4) is 0 Å². The minimum atomic E-state index is -0.702. The molecule has 0 spiro atoms. The summed E-state index contributed by atoms with van der Waals surface area (Å²) in [5.41, 5.74) is 2.75. The van der Waals surface area contributed by atoms with Gasteiger partial charge in [0.05, 0.1) is 0 Å². The van der Waals surface area contributed by atoms with Crippen molar-refractivity contribution in [2.24, 2.45) is 0 Å². The Morgan fingerprint density at radius 1 is 1.00 bits per heavy atom. The van der Waals surface area contributed by atoms with E-state index >= 15 is 0 Å². The van der Waals surface area contributed by atoms with Crippen LogP contribution in [0, 0.1) is 6.92 Å². The van der Waals surface area contributed by atoms with Crippen molar-refractivity contribution in [1.29, 1.82) is 0 Å². The second-order valence-electron chi connectivity index (χ2n) is 8.72. The highest BCUT2D eigenvalue weighted by Crippen LogP contribution is 2.22. The number of halogens is 2. The zero-order valence-electron chi connectivity index (χ0n) is 20.1. The molecule has 0 fully saturated rings. The van der Waals surface area contributed by atoms with E-state index < -0.39 is 6.04 Å². The molecule has 0 heterocycles. The molecule has 3 aromatic carbocycles. The zero-order valence-corrected chi connectivity index (χ0v) is 22.5. The Morgan fingerprint density at radius 2 is 1.69 bits per heavy atom. The summed E-state index contributed by atoms with van der Waals surface area (Å²) in [6, 6.07) is 21.9. The Kier molecular flexibility index (Phi) is 9.75. The zero-order chi connectivity index (χ0) is 25.4. The number of carbonyl (C=O) groups is 2. The number of hydrogen-bond acceptors (Lipinski definition) is 3. The third kappa shape index (κ3) is 8.11. The third-order valence-electron chi connectivity index (χ3n) is 5.46. The van der Waals surface area contributed by atoms with Crippen LogP contribution in [-0.2, 0) is 22.6 Å². The number of amides is 2. The van der Waals surface area contributed by atoms with E-state index in [1.807, 2.05) is 75.4 Å². The molecule has 7 heteroatoms. The van der Waals surface area contributed by atoms with Gasteiger partial charge in [0.1, 0.15) is 11.8 Å². The summed E-state index contributed by atoms with van der Waals surface area (Å²) >= 11 is 9.56. The molecule has 3 rings (SSSR count). The van der Waals surface area contributed by atoms with Crippen LogP contribution < -0.4 is 10.1 Å². The molecule has 3 aromatic rings. The lowest BCUT2D eigenvalue weighted by atomic mass is 10.0. The van der Waals surface area contributed by atoms with E-state index in [0.717, 1.165) is 21.2 Å². The van der Waals surface area contributed by atoms with Gasteiger partial charge in [-0.2, -0.15) is 0 Å². The number of ether oxygens (including phenoxy) is 1. The molecule has 184 valence electrons. The van der Waals surface area contributed by atoms with Crippen molar-refractivity contribution >= 4 is 39.3 Å². The summed E-state index contributed by atoms with van der Waals surface area (Å²) < 4.78 is 6.76. The third-order valence-corrected chi connectivity index (χ3v) is 6.41. The second-order valence-corrected chi connectivity index (χ2v) is 10.0. The van der Waals surface area contributed by atoms with Crippen molar-refractivity contribution in [3.8, 4) is 5.75 Å². The number of carbonyl (C=O) groups excluding carboxylic acids is 2. The molecule has 2 amide bonds. The first-order chi connectivity index (χ1) is 16.7.